The fourth-order valence-electron chi connectivity index (χ4n) is 2.91. The molecule has 0 atom stereocenters. The molecule has 2 heterocycles. The molecule has 0 N–H and O–H groups in total. The molecule has 1 fully saturated rings. The van der Waals surface area contributed by atoms with Crippen LogP contribution in [0.1, 0.15) is 39.5 Å². The highest BCUT2D eigenvalue weighted by Gasteiger charge is 2.30. The van der Waals surface area contributed by atoms with Crippen LogP contribution in [0.2, 0.25) is 0 Å². The Balaban J connectivity index is 1.64. The zero-order valence-corrected chi connectivity index (χ0v) is 15.5. The molecule has 2 rings (SSSR count). The van der Waals surface area contributed by atoms with Crippen molar-refractivity contribution < 1.29 is 13.2 Å². The lowest BCUT2D eigenvalue weighted by molar-refractivity contribution is -0.132. The quantitative estimate of drug-likeness (QED) is 0.670. The Morgan fingerprint density at radius 1 is 1.00 bits per heavy atom. The van der Waals surface area contributed by atoms with E-state index in [1.165, 1.54) is 4.31 Å². The highest BCUT2D eigenvalue weighted by Crippen LogP contribution is 2.14. The van der Waals surface area contributed by atoms with E-state index in [0.29, 0.717) is 32.6 Å². The van der Waals surface area contributed by atoms with Gasteiger partial charge in [0.05, 0.1) is 5.25 Å². The average molecular weight is 356 g/mol. The van der Waals surface area contributed by atoms with Crippen LogP contribution in [-0.4, -0.2) is 59.5 Å². The number of rotatable bonds is 8. The van der Waals surface area contributed by atoms with E-state index in [9.17, 15) is 13.2 Å². The minimum absolute atomic E-state index is 0.151. The van der Waals surface area contributed by atoms with Crippen LogP contribution in [-0.2, 0) is 21.4 Å². The van der Waals surface area contributed by atoms with Gasteiger partial charge in [-0.25, -0.2) is 8.42 Å². The fourth-order valence-corrected chi connectivity index (χ4v) is 4.18. The van der Waals surface area contributed by atoms with Crippen LogP contribution in [0, 0.1) is 0 Å². The van der Waals surface area contributed by atoms with Crippen LogP contribution in [0.25, 0.3) is 0 Å². The van der Waals surface area contributed by atoms with E-state index in [-0.39, 0.29) is 5.91 Å². The Hall–Kier alpha value is -1.34. The maximum atomic E-state index is 12.2. The van der Waals surface area contributed by atoms with Gasteiger partial charge in [0.1, 0.15) is 0 Å². The number of hydrogen-bond donors (Lipinski definition) is 0. The summed E-state index contributed by atoms with van der Waals surface area (Å²) in [5.74, 6) is 0.151. The first-order valence-electron chi connectivity index (χ1n) is 8.79. The number of amides is 1. The summed E-state index contributed by atoms with van der Waals surface area (Å²) in [6.45, 7) is 6.23. The van der Waals surface area contributed by atoms with Crippen LogP contribution in [0.3, 0.4) is 0 Å². The summed E-state index contributed by atoms with van der Waals surface area (Å²) >= 11 is 0. The number of piperazine rings is 1. The molecule has 1 aliphatic rings. The maximum absolute atomic E-state index is 12.2. The van der Waals surface area contributed by atoms with Gasteiger partial charge in [0, 0.05) is 51.5 Å². The Morgan fingerprint density at radius 3 is 2.21 bits per heavy atom. The summed E-state index contributed by atoms with van der Waals surface area (Å²) in [6, 6.07) is 4.03. The van der Waals surface area contributed by atoms with Crippen LogP contribution in [0.4, 0.5) is 0 Å². The van der Waals surface area contributed by atoms with Gasteiger partial charge < -0.3 is 9.47 Å². The molecule has 1 amide bonds. The minimum Gasteiger partial charge on any atom is -0.354 e. The van der Waals surface area contributed by atoms with E-state index in [2.05, 4.69) is 17.0 Å². The van der Waals surface area contributed by atoms with Crippen LogP contribution in [0.5, 0.6) is 0 Å². The summed E-state index contributed by atoms with van der Waals surface area (Å²) < 4.78 is 27.9. The number of carbonyl (C=O) groups excluding carboxylic acids is 1. The monoisotopic (exact) mass is 355 g/mol. The topological polar surface area (TPSA) is 62.6 Å². The summed E-state index contributed by atoms with van der Waals surface area (Å²) in [5, 5.41) is -0.403. The Bertz CT molecular complexity index is 603. The van der Waals surface area contributed by atoms with Crippen LogP contribution in [0.15, 0.2) is 24.5 Å². The lowest BCUT2D eigenvalue weighted by atomic mass is 10.1. The van der Waals surface area contributed by atoms with Gasteiger partial charge in [0.2, 0.25) is 15.9 Å². The molecule has 0 bridgehead atoms. The first-order valence-corrected chi connectivity index (χ1v) is 10.3. The third kappa shape index (κ3) is 5.08. The van der Waals surface area contributed by atoms with Gasteiger partial charge in [-0.3, -0.25) is 4.79 Å². The molecular formula is C17H29N3O3S. The molecule has 6 nitrogen and oxygen atoms in total. The molecule has 0 aliphatic carbocycles. The van der Waals surface area contributed by atoms with Crippen molar-refractivity contribution in [2.75, 3.05) is 26.2 Å². The van der Waals surface area contributed by atoms with Crippen LogP contribution >= 0.6 is 0 Å². The summed E-state index contributed by atoms with van der Waals surface area (Å²) in [4.78, 5) is 14.0. The SMILES string of the molecule is CC(C)S(=O)(=O)N1CCN(C(=O)CCCCCn2cccc2)CC1. The molecule has 0 radical (unpaired) electrons. The van der Waals surface area contributed by atoms with Gasteiger partial charge in [-0.05, 0) is 38.8 Å². The van der Waals surface area contributed by atoms with E-state index < -0.39 is 15.3 Å². The van der Waals surface area contributed by atoms with Crippen molar-refractivity contribution in [2.24, 2.45) is 0 Å². The number of unbranched alkanes of at least 4 members (excludes halogenated alkanes) is 2. The van der Waals surface area contributed by atoms with E-state index in [1.807, 2.05) is 12.1 Å². The second-order valence-electron chi connectivity index (χ2n) is 6.61. The maximum Gasteiger partial charge on any atom is 0.222 e. The van der Waals surface area contributed by atoms with Crippen molar-refractivity contribution in [3.63, 3.8) is 0 Å². The van der Waals surface area contributed by atoms with E-state index in [1.54, 1.807) is 18.7 Å². The lowest BCUT2D eigenvalue weighted by Crippen LogP contribution is -2.51. The molecule has 0 unspecified atom stereocenters. The van der Waals surface area contributed by atoms with E-state index in [4.69, 9.17) is 0 Å². The Morgan fingerprint density at radius 2 is 1.62 bits per heavy atom. The first kappa shape index (κ1) is 19.0. The number of aryl methyl sites for hydroxylation is 1. The minimum atomic E-state index is -3.20. The second-order valence-corrected chi connectivity index (χ2v) is 9.09. The third-order valence-corrected chi connectivity index (χ3v) is 6.80. The van der Waals surface area contributed by atoms with Crippen molar-refractivity contribution in [3.8, 4) is 0 Å². The van der Waals surface area contributed by atoms with Crippen molar-refractivity contribution in [3.05, 3.63) is 24.5 Å². The molecular weight excluding hydrogens is 326 g/mol. The average Bonchev–Trinajstić information content (AvgIpc) is 3.07. The highest BCUT2D eigenvalue weighted by molar-refractivity contribution is 7.89. The third-order valence-electron chi connectivity index (χ3n) is 4.52. The summed E-state index contributed by atoms with van der Waals surface area (Å²) in [7, 11) is -3.20. The zero-order chi connectivity index (χ0) is 17.6. The molecule has 136 valence electrons. The van der Waals surface area contributed by atoms with Gasteiger partial charge in [0.25, 0.3) is 0 Å². The summed E-state index contributed by atoms with van der Waals surface area (Å²) in [6.07, 6.45) is 7.66. The van der Waals surface area contributed by atoms with Crippen molar-refractivity contribution in [2.45, 2.75) is 51.3 Å². The van der Waals surface area contributed by atoms with E-state index in [0.717, 1.165) is 25.8 Å². The standard InChI is InChI=1S/C17H29N3O3S/c1-16(2)24(22,23)20-14-12-19(13-15-20)17(21)8-4-3-5-9-18-10-6-7-11-18/h6-7,10-11,16H,3-5,8-9,12-15H2,1-2H3. The second kappa shape index (κ2) is 8.67. The van der Waals surface area contributed by atoms with Gasteiger partial charge >= 0.3 is 0 Å². The van der Waals surface area contributed by atoms with Crippen molar-refractivity contribution in [1.82, 2.24) is 13.8 Å². The van der Waals surface area contributed by atoms with Gasteiger partial charge in [-0.1, -0.05) is 6.42 Å². The fraction of sp³-hybridized carbons (Fsp3) is 0.706. The van der Waals surface area contributed by atoms with Gasteiger partial charge in [-0.15, -0.1) is 0 Å². The highest BCUT2D eigenvalue weighted by atomic mass is 32.2. The lowest BCUT2D eigenvalue weighted by Gasteiger charge is -2.35. The Labute approximate surface area is 145 Å². The van der Waals surface area contributed by atoms with Gasteiger partial charge in [-0.2, -0.15) is 4.31 Å². The van der Waals surface area contributed by atoms with Crippen molar-refractivity contribution in [1.29, 1.82) is 0 Å². The molecule has 0 spiro atoms. The number of hydrogen-bond acceptors (Lipinski definition) is 3. The van der Waals surface area contributed by atoms with Crippen molar-refractivity contribution >= 4 is 15.9 Å². The zero-order valence-electron chi connectivity index (χ0n) is 14.7. The molecule has 0 aromatic carbocycles. The molecule has 1 saturated heterocycles. The molecule has 7 heteroatoms. The summed E-state index contributed by atoms with van der Waals surface area (Å²) in [5.41, 5.74) is 0. The molecule has 1 aromatic heterocycles. The number of carbonyl (C=O) groups is 1. The first-order chi connectivity index (χ1) is 11.4. The Kier molecular flexibility index (Phi) is 6.86. The molecule has 1 aromatic rings. The predicted molar refractivity (Wildman–Crippen MR) is 95.1 cm³/mol. The van der Waals surface area contributed by atoms with Crippen LogP contribution < -0.4 is 0 Å². The number of nitrogens with zero attached hydrogens (tertiary/aromatic N) is 3. The normalized spacial score (nSPS) is 16.7. The molecule has 0 saturated carbocycles. The van der Waals surface area contributed by atoms with Gasteiger partial charge in [0.15, 0.2) is 0 Å². The predicted octanol–water partition coefficient (Wildman–Crippen LogP) is 1.93. The number of sulfonamides is 1. The molecule has 1 aliphatic heterocycles. The number of aromatic nitrogens is 1. The molecule has 24 heavy (non-hydrogen) atoms. The largest absolute Gasteiger partial charge is 0.354 e. The smallest absolute Gasteiger partial charge is 0.222 e. The van der Waals surface area contributed by atoms with E-state index >= 15 is 0 Å².